The lowest BCUT2D eigenvalue weighted by Crippen LogP contribution is -2.19. The van der Waals surface area contributed by atoms with E-state index in [1.165, 1.54) is 0 Å². The van der Waals surface area contributed by atoms with Gasteiger partial charge in [0.05, 0.1) is 7.11 Å². The number of rotatable bonds is 10. The second-order valence-electron chi connectivity index (χ2n) is 7.04. The number of primary amides is 1. The highest BCUT2D eigenvalue weighted by molar-refractivity contribution is 7.20. The predicted octanol–water partition coefficient (Wildman–Crippen LogP) is 3.19. The van der Waals surface area contributed by atoms with Crippen molar-refractivity contribution in [2.24, 2.45) is 5.73 Å². The normalized spacial score (nSPS) is 10.6. The third-order valence-corrected chi connectivity index (χ3v) is 5.24. The summed E-state index contributed by atoms with van der Waals surface area (Å²) in [5.41, 5.74) is 6.60. The standard InChI is InChI=1S/C22H25N5O4S/c1-27(2)12-13-31-17-8-4-14(5-9-17)20(29)26-21-18(19(23)28)25-22(32-21)24-15-6-10-16(30-3)11-7-15/h4-11H,12-13H2,1-3H3,(H2,23,28)(H,24,25)(H,26,29). The minimum atomic E-state index is -0.732. The third-order valence-electron chi connectivity index (χ3n) is 4.35. The average Bonchev–Trinajstić information content (AvgIpc) is 3.17. The fraction of sp³-hybridized carbons (Fsp3) is 0.227. The highest BCUT2D eigenvalue weighted by atomic mass is 32.1. The van der Waals surface area contributed by atoms with Gasteiger partial charge in [-0.05, 0) is 62.6 Å². The molecule has 2 aromatic carbocycles. The Labute approximate surface area is 190 Å². The molecule has 10 heteroatoms. The molecule has 168 valence electrons. The van der Waals surface area contributed by atoms with Crippen LogP contribution in [0.1, 0.15) is 20.8 Å². The van der Waals surface area contributed by atoms with E-state index in [0.29, 0.717) is 23.1 Å². The van der Waals surface area contributed by atoms with Gasteiger partial charge in [0, 0.05) is 17.8 Å². The van der Waals surface area contributed by atoms with E-state index in [1.807, 2.05) is 31.1 Å². The molecular weight excluding hydrogens is 430 g/mol. The molecule has 3 rings (SSSR count). The molecule has 0 aliphatic carbocycles. The Hall–Kier alpha value is -3.63. The van der Waals surface area contributed by atoms with Crippen molar-refractivity contribution in [1.29, 1.82) is 0 Å². The van der Waals surface area contributed by atoms with Gasteiger partial charge >= 0.3 is 0 Å². The van der Waals surface area contributed by atoms with Gasteiger partial charge in [-0.25, -0.2) is 4.98 Å². The van der Waals surface area contributed by atoms with Crippen LogP contribution in [0.4, 0.5) is 15.8 Å². The van der Waals surface area contributed by atoms with E-state index >= 15 is 0 Å². The van der Waals surface area contributed by atoms with Crippen molar-refractivity contribution in [2.45, 2.75) is 0 Å². The molecule has 0 saturated heterocycles. The van der Waals surface area contributed by atoms with Crippen LogP contribution in [0.5, 0.6) is 11.5 Å². The predicted molar refractivity (Wildman–Crippen MR) is 125 cm³/mol. The molecule has 0 aliphatic rings. The van der Waals surface area contributed by atoms with Crippen molar-refractivity contribution in [3.8, 4) is 11.5 Å². The van der Waals surface area contributed by atoms with Crippen LogP contribution in [0.25, 0.3) is 0 Å². The molecule has 1 aromatic heterocycles. The van der Waals surface area contributed by atoms with Gasteiger partial charge in [0.25, 0.3) is 11.8 Å². The zero-order valence-electron chi connectivity index (χ0n) is 18.0. The molecule has 0 bridgehead atoms. The van der Waals surface area contributed by atoms with Gasteiger partial charge in [0.1, 0.15) is 23.1 Å². The number of likely N-dealkylation sites (N-methyl/N-ethyl adjacent to an activating group) is 1. The largest absolute Gasteiger partial charge is 0.497 e. The van der Waals surface area contributed by atoms with Crippen molar-refractivity contribution in [2.75, 3.05) is 45.0 Å². The molecule has 4 N–H and O–H groups in total. The average molecular weight is 456 g/mol. The van der Waals surface area contributed by atoms with Crippen molar-refractivity contribution in [1.82, 2.24) is 9.88 Å². The highest BCUT2D eigenvalue weighted by Gasteiger charge is 2.19. The number of carbonyl (C=O) groups excluding carboxylic acids is 2. The summed E-state index contributed by atoms with van der Waals surface area (Å²) in [5, 5.41) is 6.50. The number of methoxy groups -OCH3 is 1. The summed E-state index contributed by atoms with van der Waals surface area (Å²) >= 11 is 1.12. The zero-order valence-corrected chi connectivity index (χ0v) is 18.9. The monoisotopic (exact) mass is 455 g/mol. The molecule has 9 nitrogen and oxygen atoms in total. The Morgan fingerprint density at radius 2 is 1.72 bits per heavy atom. The van der Waals surface area contributed by atoms with Crippen molar-refractivity contribution >= 4 is 39.0 Å². The number of hydrogen-bond acceptors (Lipinski definition) is 8. The third kappa shape index (κ3) is 6.19. The first-order chi connectivity index (χ1) is 15.4. The lowest BCUT2D eigenvalue weighted by molar-refractivity contribution is 0.0997. The summed E-state index contributed by atoms with van der Waals surface area (Å²) in [7, 11) is 5.52. The van der Waals surface area contributed by atoms with E-state index in [-0.39, 0.29) is 16.6 Å². The first-order valence-electron chi connectivity index (χ1n) is 9.76. The van der Waals surface area contributed by atoms with Crippen LogP contribution >= 0.6 is 11.3 Å². The van der Waals surface area contributed by atoms with Crippen LogP contribution in [0.3, 0.4) is 0 Å². The second-order valence-corrected chi connectivity index (χ2v) is 8.04. The van der Waals surface area contributed by atoms with Crippen LogP contribution in [0.2, 0.25) is 0 Å². The van der Waals surface area contributed by atoms with Crippen molar-refractivity contribution in [3.63, 3.8) is 0 Å². The lowest BCUT2D eigenvalue weighted by Gasteiger charge is -2.11. The summed E-state index contributed by atoms with van der Waals surface area (Å²) in [6.07, 6.45) is 0. The van der Waals surface area contributed by atoms with Crippen molar-refractivity contribution < 1.29 is 19.1 Å². The van der Waals surface area contributed by atoms with Gasteiger partial charge < -0.3 is 30.7 Å². The van der Waals surface area contributed by atoms with Gasteiger partial charge in [-0.3, -0.25) is 9.59 Å². The fourth-order valence-electron chi connectivity index (χ4n) is 2.65. The number of anilines is 3. The molecule has 0 radical (unpaired) electrons. The molecule has 1 heterocycles. The lowest BCUT2D eigenvalue weighted by atomic mass is 10.2. The number of amides is 2. The molecule has 3 aromatic rings. The quantitative estimate of drug-likeness (QED) is 0.430. The number of nitrogens with two attached hydrogens (primary N) is 1. The maximum Gasteiger partial charge on any atom is 0.270 e. The molecule has 0 unspecified atom stereocenters. The molecule has 0 saturated carbocycles. The summed E-state index contributed by atoms with van der Waals surface area (Å²) in [6.45, 7) is 1.34. The van der Waals surface area contributed by atoms with Crippen LogP contribution in [-0.4, -0.2) is 56.1 Å². The molecule has 0 spiro atoms. The molecule has 32 heavy (non-hydrogen) atoms. The Morgan fingerprint density at radius 3 is 2.31 bits per heavy atom. The smallest absolute Gasteiger partial charge is 0.270 e. The minimum absolute atomic E-state index is 0.0111. The summed E-state index contributed by atoms with van der Waals surface area (Å²) < 4.78 is 10.8. The summed E-state index contributed by atoms with van der Waals surface area (Å²) in [5.74, 6) is 0.274. The van der Waals surface area contributed by atoms with Gasteiger partial charge in [0.15, 0.2) is 10.8 Å². The Balaban J connectivity index is 1.68. The van der Waals surface area contributed by atoms with Gasteiger partial charge in [0.2, 0.25) is 0 Å². The second kappa shape index (κ2) is 10.6. The van der Waals surface area contributed by atoms with Gasteiger partial charge in [-0.2, -0.15) is 0 Å². The Kier molecular flexibility index (Phi) is 7.63. The first-order valence-corrected chi connectivity index (χ1v) is 10.6. The van der Waals surface area contributed by atoms with E-state index < -0.39 is 5.91 Å². The zero-order chi connectivity index (χ0) is 23.1. The van der Waals surface area contributed by atoms with E-state index in [4.69, 9.17) is 15.2 Å². The minimum Gasteiger partial charge on any atom is -0.497 e. The molecule has 0 aliphatic heterocycles. The van der Waals surface area contributed by atoms with Gasteiger partial charge in [-0.1, -0.05) is 11.3 Å². The molecule has 2 amide bonds. The molecular formula is C22H25N5O4S. The number of hydrogen-bond donors (Lipinski definition) is 3. The van der Waals surface area contributed by atoms with Gasteiger partial charge in [-0.15, -0.1) is 0 Å². The molecule has 0 fully saturated rings. The van der Waals surface area contributed by atoms with Crippen LogP contribution in [-0.2, 0) is 0 Å². The maximum atomic E-state index is 12.7. The highest BCUT2D eigenvalue weighted by Crippen LogP contribution is 2.31. The number of ether oxygens (including phenoxy) is 2. The van der Waals surface area contributed by atoms with Crippen LogP contribution < -0.4 is 25.8 Å². The number of nitrogens with one attached hydrogen (secondary N) is 2. The van der Waals surface area contributed by atoms with Crippen LogP contribution in [0.15, 0.2) is 48.5 Å². The number of aromatic nitrogens is 1. The van der Waals surface area contributed by atoms with E-state index in [2.05, 4.69) is 15.6 Å². The van der Waals surface area contributed by atoms with E-state index in [1.54, 1.807) is 43.5 Å². The Morgan fingerprint density at radius 1 is 1.06 bits per heavy atom. The number of thiazole rings is 1. The maximum absolute atomic E-state index is 12.7. The fourth-order valence-corrected chi connectivity index (χ4v) is 3.53. The number of nitrogens with zero attached hydrogens (tertiary/aromatic N) is 2. The summed E-state index contributed by atoms with van der Waals surface area (Å²) in [4.78, 5) is 30.7. The van der Waals surface area contributed by atoms with Crippen molar-refractivity contribution in [3.05, 3.63) is 59.8 Å². The Bertz CT molecular complexity index is 1060. The SMILES string of the molecule is COc1ccc(Nc2nc(C(N)=O)c(NC(=O)c3ccc(OCCN(C)C)cc3)s2)cc1. The topological polar surface area (TPSA) is 119 Å². The number of benzene rings is 2. The number of carbonyl (C=O) groups is 2. The summed E-state index contributed by atoms with van der Waals surface area (Å²) in [6, 6.07) is 14.0. The van der Waals surface area contributed by atoms with Crippen LogP contribution in [0, 0.1) is 0 Å². The van der Waals surface area contributed by atoms with E-state index in [0.717, 1.165) is 29.3 Å². The molecule has 0 atom stereocenters. The first kappa shape index (κ1) is 23.0. The van der Waals surface area contributed by atoms with E-state index in [9.17, 15) is 9.59 Å².